The highest BCUT2D eigenvalue weighted by Gasteiger charge is 2.18. The number of benzene rings is 7. The van der Waals surface area contributed by atoms with Crippen LogP contribution in [0, 0.1) is 6.92 Å². The second-order valence-corrected chi connectivity index (χ2v) is 12.9. The van der Waals surface area contributed by atoms with Gasteiger partial charge < -0.3 is 4.42 Å². The predicted molar refractivity (Wildman–Crippen MR) is 216 cm³/mol. The van der Waals surface area contributed by atoms with Gasteiger partial charge in [-0.1, -0.05) is 158 Å². The average Bonchev–Trinajstić information content (AvgIpc) is 3.58. The van der Waals surface area contributed by atoms with Crippen molar-refractivity contribution >= 4 is 44.9 Å². The van der Waals surface area contributed by atoms with Gasteiger partial charge in [0, 0.05) is 27.5 Å². The molecule has 7 aromatic carbocycles. The molecule has 0 saturated heterocycles. The van der Waals surface area contributed by atoms with Gasteiger partial charge in [-0.3, -0.25) is 0 Å². The fraction of sp³-hybridized carbons (Fsp3) is 0.0208. The van der Waals surface area contributed by atoms with Crippen LogP contribution in [0.5, 0.6) is 0 Å². The van der Waals surface area contributed by atoms with Crippen molar-refractivity contribution in [2.24, 2.45) is 0 Å². The minimum atomic E-state index is 0.636. The van der Waals surface area contributed by atoms with E-state index in [0.717, 1.165) is 66.1 Å². The van der Waals surface area contributed by atoms with Gasteiger partial charge in [-0.15, -0.1) is 0 Å². The van der Waals surface area contributed by atoms with Crippen LogP contribution >= 0.6 is 0 Å². The molecule has 246 valence electrons. The van der Waals surface area contributed by atoms with Crippen LogP contribution in [-0.2, 0) is 0 Å². The number of rotatable bonds is 7. The molecule has 2 aromatic heterocycles. The molecule has 4 heteroatoms. The summed E-state index contributed by atoms with van der Waals surface area (Å²) in [7, 11) is 0. The van der Waals surface area contributed by atoms with Gasteiger partial charge in [0.25, 0.3) is 0 Å². The summed E-state index contributed by atoms with van der Waals surface area (Å²) in [6.45, 7) is 2.13. The first-order valence-corrected chi connectivity index (χ1v) is 17.4. The topological polar surface area (TPSA) is 51.8 Å². The van der Waals surface area contributed by atoms with Crippen molar-refractivity contribution in [3.63, 3.8) is 0 Å². The van der Waals surface area contributed by atoms with E-state index in [0.29, 0.717) is 17.5 Å². The zero-order chi connectivity index (χ0) is 34.9. The van der Waals surface area contributed by atoms with Crippen LogP contribution < -0.4 is 0 Å². The molecule has 0 aliphatic heterocycles. The summed E-state index contributed by atoms with van der Waals surface area (Å²) in [6.07, 6.45) is 8.41. The number of hydrogen-bond acceptors (Lipinski definition) is 4. The number of fused-ring (bicyclic) bond motifs is 4. The van der Waals surface area contributed by atoms with E-state index in [1.54, 1.807) is 0 Å². The summed E-state index contributed by atoms with van der Waals surface area (Å²) in [6, 6.07) is 54.2. The molecule has 9 aromatic rings. The Balaban J connectivity index is 1.14. The van der Waals surface area contributed by atoms with E-state index in [-0.39, 0.29) is 0 Å². The van der Waals surface area contributed by atoms with Crippen molar-refractivity contribution in [1.29, 1.82) is 0 Å². The van der Waals surface area contributed by atoms with Gasteiger partial charge in [0.15, 0.2) is 17.5 Å². The van der Waals surface area contributed by atoms with Crippen molar-refractivity contribution in [1.82, 2.24) is 15.0 Å². The maximum absolute atomic E-state index is 6.48. The lowest BCUT2D eigenvalue weighted by molar-refractivity contribution is 0.669. The van der Waals surface area contributed by atoms with Crippen LogP contribution in [0.15, 0.2) is 174 Å². The van der Waals surface area contributed by atoms with Gasteiger partial charge in [0.05, 0.1) is 0 Å². The van der Waals surface area contributed by atoms with E-state index in [1.165, 1.54) is 11.1 Å². The quantitative estimate of drug-likeness (QED) is 0.159. The van der Waals surface area contributed by atoms with Crippen molar-refractivity contribution in [3.05, 3.63) is 187 Å². The van der Waals surface area contributed by atoms with Gasteiger partial charge in [-0.2, -0.15) is 0 Å². The van der Waals surface area contributed by atoms with E-state index in [2.05, 4.69) is 128 Å². The third-order valence-electron chi connectivity index (χ3n) is 9.54. The fourth-order valence-corrected chi connectivity index (χ4v) is 6.93. The summed E-state index contributed by atoms with van der Waals surface area (Å²) in [5, 5.41) is 4.37. The normalized spacial score (nSPS) is 11.8. The van der Waals surface area contributed by atoms with Gasteiger partial charge in [0.2, 0.25) is 0 Å². The molecule has 0 bridgehead atoms. The van der Waals surface area contributed by atoms with Crippen LogP contribution in [0.3, 0.4) is 0 Å². The van der Waals surface area contributed by atoms with E-state index < -0.39 is 0 Å². The predicted octanol–water partition coefficient (Wildman–Crippen LogP) is 12.6. The molecule has 0 saturated carbocycles. The number of nitrogens with zero attached hydrogens (tertiary/aromatic N) is 3. The fourth-order valence-electron chi connectivity index (χ4n) is 6.93. The van der Waals surface area contributed by atoms with Crippen LogP contribution in [-0.4, -0.2) is 15.0 Å². The van der Waals surface area contributed by atoms with Crippen LogP contribution in [0.4, 0.5) is 0 Å². The number of allylic oxidation sites excluding steroid dienone is 2. The van der Waals surface area contributed by atoms with E-state index in [4.69, 9.17) is 19.4 Å². The first-order valence-electron chi connectivity index (χ1n) is 17.4. The zero-order valence-corrected chi connectivity index (χ0v) is 28.6. The monoisotopic (exact) mass is 667 g/mol. The van der Waals surface area contributed by atoms with Gasteiger partial charge in [-0.05, 0) is 69.8 Å². The minimum absolute atomic E-state index is 0.636. The van der Waals surface area contributed by atoms with Gasteiger partial charge in [-0.25, -0.2) is 15.0 Å². The molecule has 0 amide bonds. The number of furan rings is 1. The molecule has 52 heavy (non-hydrogen) atoms. The highest BCUT2D eigenvalue weighted by Crippen LogP contribution is 2.41. The van der Waals surface area contributed by atoms with Crippen LogP contribution in [0.2, 0.25) is 0 Å². The Morgan fingerprint density at radius 1 is 0.442 bits per heavy atom. The standard InChI is InChI=1S/C48H33N3O/c1-32-15-8-10-17-34(32)18-11-9-16-33-27-28-42-44(31-33)52-43-26-14-25-40(45(42)43)39-29-30-41(38-24-13-12-23-37(38)39)48-50-46(35-19-4-2-5-20-35)49-47(51-48)36-21-6-3-7-22-36/h2-31H,1H3/b16-9+,18-11-. The number of aromatic nitrogens is 3. The third-order valence-corrected chi connectivity index (χ3v) is 9.54. The average molecular weight is 668 g/mol. The zero-order valence-electron chi connectivity index (χ0n) is 28.6. The maximum Gasteiger partial charge on any atom is 0.164 e. The molecule has 4 nitrogen and oxygen atoms in total. The third kappa shape index (κ3) is 5.86. The molecular formula is C48H33N3O. The summed E-state index contributed by atoms with van der Waals surface area (Å²) in [5.41, 5.74) is 10.4. The largest absolute Gasteiger partial charge is 0.456 e. The lowest BCUT2D eigenvalue weighted by atomic mass is 9.92. The highest BCUT2D eigenvalue weighted by molar-refractivity contribution is 6.16. The van der Waals surface area contributed by atoms with Gasteiger partial charge in [0.1, 0.15) is 11.2 Å². The Hall–Kier alpha value is -6.91. The number of hydrogen-bond donors (Lipinski definition) is 0. The Bertz CT molecular complexity index is 2740. The lowest BCUT2D eigenvalue weighted by Gasteiger charge is -2.13. The second-order valence-electron chi connectivity index (χ2n) is 12.9. The Morgan fingerprint density at radius 2 is 1.06 bits per heavy atom. The summed E-state index contributed by atoms with van der Waals surface area (Å²) < 4.78 is 6.48. The smallest absolute Gasteiger partial charge is 0.164 e. The summed E-state index contributed by atoms with van der Waals surface area (Å²) in [4.78, 5) is 15.0. The van der Waals surface area contributed by atoms with Crippen molar-refractivity contribution in [2.75, 3.05) is 0 Å². The molecule has 0 radical (unpaired) electrons. The molecule has 9 rings (SSSR count). The van der Waals surface area contributed by atoms with Crippen molar-refractivity contribution < 1.29 is 4.42 Å². The molecule has 0 atom stereocenters. The Morgan fingerprint density at radius 3 is 1.79 bits per heavy atom. The maximum atomic E-state index is 6.48. The summed E-state index contributed by atoms with van der Waals surface area (Å²) >= 11 is 0. The first-order chi connectivity index (χ1) is 25.7. The van der Waals surface area contributed by atoms with Gasteiger partial charge >= 0.3 is 0 Å². The molecule has 0 aliphatic carbocycles. The Kier molecular flexibility index (Phi) is 8.03. The summed E-state index contributed by atoms with van der Waals surface area (Å²) in [5.74, 6) is 1.92. The SMILES string of the molecule is Cc1ccccc1/C=C\C=C\c1ccc2c(c1)oc1cccc(-c3ccc(-c4nc(-c5ccccc5)nc(-c5ccccc5)n4)c4ccccc34)c12. The first kappa shape index (κ1) is 31.1. The van der Waals surface area contributed by atoms with E-state index in [1.807, 2.05) is 60.7 Å². The van der Waals surface area contributed by atoms with Crippen molar-refractivity contribution in [3.8, 4) is 45.3 Å². The van der Waals surface area contributed by atoms with Crippen LogP contribution in [0.25, 0.3) is 90.2 Å². The molecule has 0 aliphatic rings. The lowest BCUT2D eigenvalue weighted by Crippen LogP contribution is -2.00. The minimum Gasteiger partial charge on any atom is -0.456 e. The van der Waals surface area contributed by atoms with E-state index >= 15 is 0 Å². The molecule has 2 heterocycles. The van der Waals surface area contributed by atoms with Crippen LogP contribution in [0.1, 0.15) is 16.7 Å². The second kappa shape index (κ2) is 13.4. The van der Waals surface area contributed by atoms with Crippen molar-refractivity contribution in [2.45, 2.75) is 6.92 Å². The number of aryl methyl sites for hydroxylation is 1. The molecule has 0 N–H and O–H groups in total. The molecule has 0 fully saturated rings. The van der Waals surface area contributed by atoms with E-state index in [9.17, 15) is 0 Å². The molecular weight excluding hydrogens is 635 g/mol. The molecule has 0 spiro atoms. The highest BCUT2D eigenvalue weighted by atomic mass is 16.3. The molecule has 0 unspecified atom stereocenters. The Labute approximate surface area is 302 Å².